The minimum atomic E-state index is -0.177. The van der Waals surface area contributed by atoms with Gasteiger partial charge >= 0.3 is 0 Å². The van der Waals surface area contributed by atoms with Gasteiger partial charge in [-0.1, -0.05) is 17.7 Å². The lowest BCUT2D eigenvalue weighted by atomic mass is 10.1. The molecule has 5 heteroatoms. The van der Waals surface area contributed by atoms with Crippen LogP contribution in [-0.2, 0) is 9.53 Å². The number of hydrogen-bond acceptors (Lipinski definition) is 4. The zero-order chi connectivity index (χ0) is 15.4. The van der Waals surface area contributed by atoms with E-state index in [1.54, 1.807) is 0 Å². The van der Waals surface area contributed by atoms with Crippen molar-refractivity contribution in [3.8, 4) is 5.75 Å². The minimum Gasteiger partial charge on any atom is -0.490 e. The van der Waals surface area contributed by atoms with Gasteiger partial charge in [-0.25, -0.2) is 0 Å². The second kappa shape index (κ2) is 7.11. The predicted molar refractivity (Wildman–Crippen MR) is 84.0 cm³/mol. The van der Waals surface area contributed by atoms with Crippen LogP contribution < -0.4 is 10.1 Å². The summed E-state index contributed by atoms with van der Waals surface area (Å²) in [5.41, 5.74) is 1.23. The van der Waals surface area contributed by atoms with Crippen molar-refractivity contribution in [2.24, 2.45) is 0 Å². The molecule has 0 aromatic heterocycles. The number of carbonyl (C=O) groups is 1. The van der Waals surface area contributed by atoms with E-state index in [0.29, 0.717) is 13.2 Å². The number of piperidine rings is 1. The molecule has 0 spiro atoms. The lowest BCUT2D eigenvalue weighted by molar-refractivity contribution is -0.138. The molecule has 1 atom stereocenters. The molecule has 2 heterocycles. The molecule has 2 aliphatic rings. The summed E-state index contributed by atoms with van der Waals surface area (Å²) in [5, 5.41) is 3.23. The Morgan fingerprint density at radius 2 is 2.00 bits per heavy atom. The third-order valence-corrected chi connectivity index (χ3v) is 4.30. The molecule has 1 aromatic rings. The highest BCUT2D eigenvalue weighted by Crippen LogP contribution is 2.20. The monoisotopic (exact) mass is 304 g/mol. The van der Waals surface area contributed by atoms with E-state index >= 15 is 0 Å². The minimum absolute atomic E-state index is 0.161. The number of aryl methyl sites for hydroxylation is 1. The molecule has 5 nitrogen and oxygen atoms in total. The molecule has 1 unspecified atom stereocenters. The Balaban J connectivity index is 1.47. The lowest BCUT2D eigenvalue weighted by Crippen LogP contribution is -2.54. The molecule has 120 valence electrons. The van der Waals surface area contributed by atoms with Gasteiger partial charge < -0.3 is 19.7 Å². The summed E-state index contributed by atoms with van der Waals surface area (Å²) in [4.78, 5) is 14.3. The number of hydrogen-bond donors (Lipinski definition) is 1. The van der Waals surface area contributed by atoms with Gasteiger partial charge in [0.25, 0.3) is 0 Å². The average Bonchev–Trinajstić information content (AvgIpc) is 2.58. The maximum atomic E-state index is 12.4. The molecule has 1 aromatic carbocycles. The van der Waals surface area contributed by atoms with Crippen LogP contribution in [0.2, 0.25) is 0 Å². The maximum absolute atomic E-state index is 12.4. The van der Waals surface area contributed by atoms with Gasteiger partial charge in [-0.15, -0.1) is 0 Å². The average molecular weight is 304 g/mol. The summed E-state index contributed by atoms with van der Waals surface area (Å²) in [5.74, 6) is 1.08. The summed E-state index contributed by atoms with van der Waals surface area (Å²) in [6, 6.07) is 7.96. The van der Waals surface area contributed by atoms with Gasteiger partial charge in [-0.3, -0.25) is 4.79 Å². The number of rotatable bonds is 3. The fourth-order valence-corrected chi connectivity index (χ4v) is 2.95. The van der Waals surface area contributed by atoms with E-state index in [1.165, 1.54) is 5.56 Å². The molecule has 0 aliphatic carbocycles. The highest BCUT2D eigenvalue weighted by molar-refractivity contribution is 5.82. The van der Waals surface area contributed by atoms with Crippen molar-refractivity contribution in [3.63, 3.8) is 0 Å². The van der Waals surface area contributed by atoms with Crippen LogP contribution in [-0.4, -0.2) is 55.8 Å². The first kappa shape index (κ1) is 15.3. The summed E-state index contributed by atoms with van der Waals surface area (Å²) in [6.45, 7) is 5.51. The highest BCUT2D eigenvalue weighted by Gasteiger charge is 2.29. The molecule has 22 heavy (non-hydrogen) atoms. The number of benzene rings is 1. The van der Waals surface area contributed by atoms with Crippen LogP contribution in [0.25, 0.3) is 0 Å². The van der Waals surface area contributed by atoms with Crippen LogP contribution in [0.5, 0.6) is 5.75 Å². The zero-order valence-corrected chi connectivity index (χ0v) is 13.1. The fourth-order valence-electron chi connectivity index (χ4n) is 2.95. The Hall–Kier alpha value is -1.59. The lowest BCUT2D eigenvalue weighted by Gasteiger charge is -2.35. The molecule has 1 amide bonds. The van der Waals surface area contributed by atoms with Gasteiger partial charge in [-0.2, -0.15) is 0 Å². The predicted octanol–water partition coefficient (Wildman–Crippen LogP) is 1.35. The first-order chi connectivity index (χ1) is 10.7. The molecule has 1 N–H and O–H groups in total. The Kier molecular flexibility index (Phi) is 4.95. The number of amides is 1. The van der Waals surface area contributed by atoms with Crippen LogP contribution in [0.4, 0.5) is 0 Å². The van der Waals surface area contributed by atoms with E-state index in [2.05, 4.69) is 24.4 Å². The third-order valence-electron chi connectivity index (χ3n) is 4.30. The smallest absolute Gasteiger partial charge is 0.242 e. The number of carbonyl (C=O) groups excluding carboxylic acids is 1. The second-order valence-corrected chi connectivity index (χ2v) is 6.04. The Morgan fingerprint density at radius 1 is 1.27 bits per heavy atom. The topological polar surface area (TPSA) is 50.8 Å². The van der Waals surface area contributed by atoms with E-state index in [9.17, 15) is 4.79 Å². The first-order valence-corrected chi connectivity index (χ1v) is 8.05. The summed E-state index contributed by atoms with van der Waals surface area (Å²) in [6.07, 6.45) is 1.96. The van der Waals surface area contributed by atoms with E-state index in [1.807, 2.05) is 17.0 Å². The summed E-state index contributed by atoms with van der Waals surface area (Å²) < 4.78 is 11.4. The van der Waals surface area contributed by atoms with Crippen LogP contribution in [0.1, 0.15) is 18.4 Å². The largest absolute Gasteiger partial charge is 0.490 e. The molecule has 2 saturated heterocycles. The molecule has 0 saturated carbocycles. The number of morpholine rings is 1. The van der Waals surface area contributed by atoms with Crippen LogP contribution in [0, 0.1) is 6.92 Å². The molecule has 3 rings (SSSR count). The van der Waals surface area contributed by atoms with Crippen molar-refractivity contribution in [1.29, 1.82) is 0 Å². The molecule has 2 fully saturated rings. The standard InChI is InChI=1S/C17H24N2O3/c1-13-2-4-14(5-3-13)22-15-6-9-19(10-7-15)17(20)16-12-21-11-8-18-16/h2-5,15-16,18H,6-12H2,1H3. The van der Waals surface area contributed by atoms with Crippen LogP contribution in [0.3, 0.4) is 0 Å². The van der Waals surface area contributed by atoms with Gasteiger partial charge in [0.05, 0.1) is 13.2 Å². The van der Waals surface area contributed by atoms with Gasteiger partial charge in [0.15, 0.2) is 0 Å². The van der Waals surface area contributed by atoms with E-state index in [0.717, 1.165) is 38.2 Å². The van der Waals surface area contributed by atoms with Gasteiger partial charge in [-0.05, 0) is 19.1 Å². The Labute approximate surface area is 131 Å². The number of ether oxygens (including phenoxy) is 2. The van der Waals surface area contributed by atoms with Crippen molar-refractivity contribution in [3.05, 3.63) is 29.8 Å². The molecule has 2 aliphatic heterocycles. The molecule has 0 radical (unpaired) electrons. The maximum Gasteiger partial charge on any atom is 0.242 e. The van der Waals surface area contributed by atoms with E-state index in [-0.39, 0.29) is 18.1 Å². The second-order valence-electron chi connectivity index (χ2n) is 6.04. The molecular weight excluding hydrogens is 280 g/mol. The van der Waals surface area contributed by atoms with Gasteiger partial charge in [0.1, 0.15) is 17.9 Å². The van der Waals surface area contributed by atoms with Gasteiger partial charge in [0.2, 0.25) is 5.91 Å². The zero-order valence-electron chi connectivity index (χ0n) is 13.1. The fraction of sp³-hybridized carbons (Fsp3) is 0.588. The molecular formula is C17H24N2O3. The van der Waals surface area contributed by atoms with Crippen LogP contribution in [0.15, 0.2) is 24.3 Å². The van der Waals surface area contributed by atoms with Crippen molar-refractivity contribution in [2.45, 2.75) is 31.9 Å². The van der Waals surface area contributed by atoms with Crippen molar-refractivity contribution in [1.82, 2.24) is 10.2 Å². The Morgan fingerprint density at radius 3 is 2.64 bits per heavy atom. The van der Waals surface area contributed by atoms with Crippen molar-refractivity contribution < 1.29 is 14.3 Å². The third kappa shape index (κ3) is 3.78. The van der Waals surface area contributed by atoms with Crippen LogP contribution >= 0.6 is 0 Å². The summed E-state index contributed by atoms with van der Waals surface area (Å²) >= 11 is 0. The van der Waals surface area contributed by atoms with Crippen molar-refractivity contribution >= 4 is 5.91 Å². The number of nitrogens with one attached hydrogen (secondary N) is 1. The normalized spacial score (nSPS) is 23.3. The first-order valence-electron chi connectivity index (χ1n) is 8.05. The van der Waals surface area contributed by atoms with E-state index in [4.69, 9.17) is 9.47 Å². The SMILES string of the molecule is Cc1ccc(OC2CCN(C(=O)C3COCCN3)CC2)cc1. The number of nitrogens with zero attached hydrogens (tertiary/aromatic N) is 1. The van der Waals surface area contributed by atoms with Gasteiger partial charge in [0, 0.05) is 32.5 Å². The van der Waals surface area contributed by atoms with Crippen molar-refractivity contribution in [2.75, 3.05) is 32.8 Å². The Bertz CT molecular complexity index is 489. The number of likely N-dealkylation sites (tertiary alicyclic amines) is 1. The quantitative estimate of drug-likeness (QED) is 0.916. The molecule has 0 bridgehead atoms. The summed E-state index contributed by atoms with van der Waals surface area (Å²) in [7, 11) is 0. The van der Waals surface area contributed by atoms with E-state index < -0.39 is 0 Å². The highest BCUT2D eigenvalue weighted by atomic mass is 16.5.